The molecule has 0 aliphatic carbocycles. The molecule has 144 valence electrons. The molecule has 2 N–H and O–H groups in total. The maximum atomic E-state index is 12.6. The normalized spacial score (nSPS) is 19.0. The molecule has 0 spiro atoms. The van der Waals surface area contributed by atoms with Crippen molar-refractivity contribution < 1.29 is 9.32 Å². The van der Waals surface area contributed by atoms with Crippen molar-refractivity contribution in [1.29, 1.82) is 0 Å². The minimum absolute atomic E-state index is 0.220. The van der Waals surface area contributed by atoms with Crippen molar-refractivity contribution in [3.8, 4) is 11.3 Å². The smallest absolute Gasteiger partial charge is 0.338 e. The van der Waals surface area contributed by atoms with Crippen LogP contribution >= 0.6 is 11.6 Å². The van der Waals surface area contributed by atoms with Gasteiger partial charge >= 0.3 is 6.03 Å². The van der Waals surface area contributed by atoms with E-state index in [-0.39, 0.29) is 6.03 Å². The predicted octanol–water partition coefficient (Wildman–Crippen LogP) is 5.06. The van der Waals surface area contributed by atoms with Crippen molar-refractivity contribution in [2.45, 2.75) is 12.6 Å². The molecule has 1 unspecified atom stereocenters. The molecule has 6 nitrogen and oxygen atoms in total. The second-order valence-corrected chi connectivity index (χ2v) is 7.52. The Kier molecular flexibility index (Phi) is 4.04. The molecule has 5 rings (SSSR count). The van der Waals surface area contributed by atoms with Gasteiger partial charge in [0.25, 0.3) is 0 Å². The monoisotopic (exact) mass is 404 g/mol. The highest BCUT2D eigenvalue weighted by Crippen LogP contribution is 2.33. The van der Waals surface area contributed by atoms with Gasteiger partial charge in [-0.3, -0.25) is 0 Å². The number of nitrogens with one attached hydrogen (secondary N) is 2. The summed E-state index contributed by atoms with van der Waals surface area (Å²) in [6, 6.07) is 22.4. The summed E-state index contributed by atoms with van der Waals surface area (Å²) in [5.74, 6) is 0.659. The Morgan fingerprint density at radius 2 is 1.79 bits per heavy atom. The Morgan fingerprint density at radius 3 is 2.55 bits per heavy atom. The van der Waals surface area contributed by atoms with Crippen LogP contribution in [-0.2, 0) is 5.66 Å². The molecule has 2 amide bonds. The third-order valence-corrected chi connectivity index (χ3v) is 5.32. The fourth-order valence-electron chi connectivity index (χ4n) is 3.53. The summed E-state index contributed by atoms with van der Waals surface area (Å²) in [6.07, 6.45) is 0. The molecule has 0 bridgehead atoms. The Balaban J connectivity index is 1.54. The van der Waals surface area contributed by atoms with Crippen LogP contribution in [0.15, 0.2) is 77.3 Å². The zero-order valence-corrected chi connectivity index (χ0v) is 16.3. The van der Waals surface area contributed by atoms with Gasteiger partial charge in [-0.05, 0) is 61.0 Å². The SMILES string of the molecule is CC1(c2ccc3noc(-c4ccc(Cl)cc4)c3c2)NC(=O)N(c2ccccc2)N1. The van der Waals surface area contributed by atoms with Gasteiger partial charge in [-0.1, -0.05) is 41.0 Å². The van der Waals surface area contributed by atoms with E-state index in [9.17, 15) is 4.79 Å². The summed E-state index contributed by atoms with van der Waals surface area (Å²) >= 11 is 6.00. The molecule has 0 radical (unpaired) electrons. The van der Waals surface area contributed by atoms with Crippen LogP contribution in [0.3, 0.4) is 0 Å². The highest BCUT2D eigenvalue weighted by molar-refractivity contribution is 6.30. The van der Waals surface area contributed by atoms with E-state index >= 15 is 0 Å². The number of rotatable bonds is 3. The zero-order valence-electron chi connectivity index (χ0n) is 15.5. The van der Waals surface area contributed by atoms with Gasteiger partial charge in [0.15, 0.2) is 5.76 Å². The Labute approximate surface area is 172 Å². The number of aromatic nitrogens is 1. The van der Waals surface area contributed by atoms with E-state index in [1.165, 1.54) is 5.01 Å². The quantitative estimate of drug-likeness (QED) is 0.501. The first-order valence-electron chi connectivity index (χ1n) is 9.14. The summed E-state index contributed by atoms with van der Waals surface area (Å²) in [5.41, 5.74) is 5.77. The Bertz CT molecular complexity index is 1210. The molecule has 0 saturated carbocycles. The highest BCUT2D eigenvalue weighted by atomic mass is 35.5. The largest absolute Gasteiger partial charge is 0.355 e. The minimum Gasteiger partial charge on any atom is -0.355 e. The molecule has 1 aliphatic rings. The molecule has 29 heavy (non-hydrogen) atoms. The van der Waals surface area contributed by atoms with Crippen molar-refractivity contribution in [3.05, 3.63) is 83.4 Å². The van der Waals surface area contributed by atoms with Gasteiger partial charge in [0.1, 0.15) is 11.2 Å². The predicted molar refractivity (Wildman–Crippen MR) is 112 cm³/mol. The first-order chi connectivity index (χ1) is 14.0. The first-order valence-corrected chi connectivity index (χ1v) is 9.52. The van der Waals surface area contributed by atoms with Gasteiger partial charge in [0, 0.05) is 10.6 Å². The number of hydrazine groups is 1. The van der Waals surface area contributed by atoms with E-state index in [1.54, 1.807) is 0 Å². The third-order valence-electron chi connectivity index (χ3n) is 5.07. The lowest BCUT2D eigenvalue weighted by Crippen LogP contribution is -2.45. The van der Waals surface area contributed by atoms with Gasteiger partial charge in [-0.2, -0.15) is 5.43 Å². The van der Waals surface area contributed by atoms with Gasteiger partial charge in [-0.15, -0.1) is 0 Å². The highest BCUT2D eigenvalue weighted by Gasteiger charge is 2.40. The standard InChI is InChI=1S/C22H17ClN4O2/c1-22(24-21(28)27(26-22)17-5-3-2-4-6-17)15-9-12-19-18(13-15)20(29-25-19)14-7-10-16(23)11-8-14/h2-13,26H,1H3,(H,24,28). The first kappa shape index (κ1) is 17.7. The van der Waals surface area contributed by atoms with E-state index in [4.69, 9.17) is 16.1 Å². The number of carbonyl (C=O) groups excluding carboxylic acids is 1. The van der Waals surface area contributed by atoms with Crippen LogP contribution < -0.4 is 15.8 Å². The number of fused-ring (bicyclic) bond motifs is 1. The third kappa shape index (κ3) is 3.03. The molecular weight excluding hydrogens is 388 g/mol. The van der Waals surface area contributed by atoms with Crippen molar-refractivity contribution in [3.63, 3.8) is 0 Å². The molecule has 1 aliphatic heterocycles. The summed E-state index contributed by atoms with van der Waals surface area (Å²) in [6.45, 7) is 1.92. The summed E-state index contributed by atoms with van der Waals surface area (Å²) in [5, 5.41) is 10.2. The van der Waals surface area contributed by atoms with Crippen molar-refractivity contribution in [1.82, 2.24) is 15.9 Å². The summed E-state index contributed by atoms with van der Waals surface area (Å²) < 4.78 is 5.59. The number of anilines is 1. The lowest BCUT2D eigenvalue weighted by atomic mass is 9.99. The van der Waals surface area contributed by atoms with Crippen LogP contribution in [0.4, 0.5) is 10.5 Å². The lowest BCUT2D eigenvalue weighted by molar-refractivity contribution is 0.248. The number of amides is 2. The number of hydrogen-bond acceptors (Lipinski definition) is 4. The number of nitrogens with zero attached hydrogens (tertiary/aromatic N) is 2. The molecule has 1 aromatic heterocycles. The maximum Gasteiger partial charge on any atom is 0.338 e. The maximum absolute atomic E-state index is 12.6. The van der Waals surface area contributed by atoms with E-state index < -0.39 is 5.66 Å². The average molecular weight is 405 g/mol. The van der Waals surface area contributed by atoms with Crippen LogP contribution in [0.25, 0.3) is 22.2 Å². The molecule has 1 saturated heterocycles. The van der Waals surface area contributed by atoms with Crippen LogP contribution in [0.1, 0.15) is 12.5 Å². The van der Waals surface area contributed by atoms with Crippen LogP contribution in [0, 0.1) is 0 Å². The second-order valence-electron chi connectivity index (χ2n) is 7.09. The number of hydrogen-bond donors (Lipinski definition) is 2. The van der Waals surface area contributed by atoms with Crippen LogP contribution in [0.2, 0.25) is 5.02 Å². The van der Waals surface area contributed by atoms with E-state index in [2.05, 4.69) is 15.9 Å². The fourth-order valence-corrected chi connectivity index (χ4v) is 3.66. The Hall–Kier alpha value is -3.35. The summed E-state index contributed by atoms with van der Waals surface area (Å²) in [7, 11) is 0. The number of carbonyl (C=O) groups is 1. The summed E-state index contributed by atoms with van der Waals surface area (Å²) in [4.78, 5) is 12.6. The number of urea groups is 1. The van der Waals surface area contributed by atoms with Crippen molar-refractivity contribution in [2.24, 2.45) is 0 Å². The number of para-hydroxylation sites is 1. The molecule has 1 atom stereocenters. The molecule has 7 heteroatoms. The fraction of sp³-hybridized carbons (Fsp3) is 0.0909. The van der Waals surface area contributed by atoms with Gasteiger partial charge in [0.2, 0.25) is 0 Å². The molecule has 3 aromatic carbocycles. The Morgan fingerprint density at radius 1 is 1.03 bits per heavy atom. The average Bonchev–Trinajstić information content (AvgIpc) is 3.30. The molecule has 2 heterocycles. The number of halogens is 1. The van der Waals surface area contributed by atoms with E-state index in [0.717, 1.165) is 27.7 Å². The van der Waals surface area contributed by atoms with Gasteiger partial charge in [-0.25, -0.2) is 9.80 Å². The number of benzene rings is 3. The van der Waals surface area contributed by atoms with Crippen LogP contribution in [0.5, 0.6) is 0 Å². The molecule has 1 fully saturated rings. The second kappa shape index (κ2) is 6.62. The zero-order chi connectivity index (χ0) is 20.0. The van der Waals surface area contributed by atoms with Gasteiger partial charge < -0.3 is 9.84 Å². The lowest BCUT2D eigenvalue weighted by Gasteiger charge is -2.25. The van der Waals surface area contributed by atoms with Crippen molar-refractivity contribution in [2.75, 3.05) is 5.01 Å². The molecular formula is C22H17ClN4O2. The van der Waals surface area contributed by atoms with Crippen molar-refractivity contribution >= 4 is 34.2 Å². The van der Waals surface area contributed by atoms with E-state index in [0.29, 0.717) is 10.8 Å². The van der Waals surface area contributed by atoms with Crippen LogP contribution in [-0.4, -0.2) is 11.2 Å². The van der Waals surface area contributed by atoms with E-state index in [1.807, 2.05) is 79.7 Å². The molecule has 4 aromatic rings. The minimum atomic E-state index is -0.782. The topological polar surface area (TPSA) is 70.4 Å². The van der Waals surface area contributed by atoms with Gasteiger partial charge in [0.05, 0.1) is 11.1 Å².